The predicted octanol–water partition coefficient (Wildman–Crippen LogP) is 3.72. The third kappa shape index (κ3) is 6.06. The minimum Gasteiger partial charge on any atom is -0.466 e. The van der Waals surface area contributed by atoms with E-state index in [1.165, 1.54) is 11.1 Å². The van der Waals surface area contributed by atoms with E-state index in [1.807, 2.05) is 6.92 Å². The zero-order valence-corrected chi connectivity index (χ0v) is 16.7. The highest BCUT2D eigenvalue weighted by Gasteiger charge is 2.39. The maximum absolute atomic E-state index is 12.7. The Bertz CT molecular complexity index is 612. The van der Waals surface area contributed by atoms with Crippen molar-refractivity contribution in [2.45, 2.75) is 59.0 Å². The van der Waals surface area contributed by atoms with Gasteiger partial charge in [-0.25, -0.2) is 4.79 Å². The number of hydrogen-bond acceptors (Lipinski definition) is 5. The lowest BCUT2D eigenvalue weighted by Gasteiger charge is -2.30. The van der Waals surface area contributed by atoms with Crippen LogP contribution in [0.3, 0.4) is 0 Å². The first-order chi connectivity index (χ1) is 13.1. The van der Waals surface area contributed by atoms with Gasteiger partial charge >= 0.3 is 11.9 Å². The average Bonchev–Trinajstić information content (AvgIpc) is 2.67. The molecule has 3 atom stereocenters. The Morgan fingerprint density at radius 1 is 1.04 bits per heavy atom. The lowest BCUT2D eigenvalue weighted by Crippen LogP contribution is -2.41. The summed E-state index contributed by atoms with van der Waals surface area (Å²) >= 11 is 0. The third-order valence-corrected chi connectivity index (χ3v) is 5.01. The first-order valence-electron chi connectivity index (χ1n) is 10.1. The third-order valence-electron chi connectivity index (χ3n) is 5.01. The van der Waals surface area contributed by atoms with Gasteiger partial charge in [-0.1, -0.05) is 31.2 Å². The Labute approximate surface area is 162 Å². The fourth-order valence-corrected chi connectivity index (χ4v) is 3.74. The van der Waals surface area contributed by atoms with E-state index in [9.17, 15) is 9.59 Å². The number of carbonyl (C=O) groups is 2. The van der Waals surface area contributed by atoms with E-state index in [2.05, 4.69) is 24.3 Å². The van der Waals surface area contributed by atoms with Crippen molar-refractivity contribution < 1.29 is 23.8 Å². The molecule has 0 spiro atoms. The second kappa shape index (κ2) is 11.1. The molecule has 0 N–H and O–H groups in total. The number of hydrogen-bond donors (Lipinski definition) is 0. The van der Waals surface area contributed by atoms with Crippen LogP contribution in [0.4, 0.5) is 0 Å². The Balaban J connectivity index is 2.16. The molecule has 0 unspecified atom stereocenters. The van der Waals surface area contributed by atoms with Gasteiger partial charge in [0.25, 0.3) is 0 Å². The molecular formula is C22H32O5. The van der Waals surface area contributed by atoms with Crippen LogP contribution < -0.4 is 0 Å². The van der Waals surface area contributed by atoms with E-state index < -0.39 is 18.0 Å². The first kappa shape index (κ1) is 21.4. The number of ether oxygens (including phenoxy) is 3. The van der Waals surface area contributed by atoms with Crippen LogP contribution in [0, 0.1) is 11.8 Å². The van der Waals surface area contributed by atoms with Gasteiger partial charge in [0.15, 0.2) is 6.10 Å². The summed E-state index contributed by atoms with van der Waals surface area (Å²) in [5.74, 6) is -1.16. The SMILES string of the molecule is CCCO[C@H](C(=O)OCC)[C@@H](C[C@@H]1CCc2ccccc2C1)C(=O)OCC. The van der Waals surface area contributed by atoms with E-state index in [1.54, 1.807) is 13.8 Å². The smallest absolute Gasteiger partial charge is 0.336 e. The van der Waals surface area contributed by atoms with Gasteiger partial charge < -0.3 is 14.2 Å². The van der Waals surface area contributed by atoms with Crippen molar-refractivity contribution in [2.75, 3.05) is 19.8 Å². The van der Waals surface area contributed by atoms with Crippen molar-refractivity contribution >= 4 is 11.9 Å². The molecular weight excluding hydrogens is 344 g/mol. The van der Waals surface area contributed by atoms with Crippen LogP contribution in [-0.4, -0.2) is 37.9 Å². The molecule has 0 saturated carbocycles. The summed E-state index contributed by atoms with van der Waals surface area (Å²) in [5.41, 5.74) is 2.71. The lowest BCUT2D eigenvalue weighted by molar-refractivity contribution is -0.171. The standard InChI is InChI=1S/C22H32O5/c1-4-13-27-20(22(24)26-6-3)19(21(23)25-5-2)15-16-11-12-17-9-7-8-10-18(17)14-16/h7-10,16,19-20H,4-6,11-15H2,1-3H3/t16-,19-,20+/m1/s1. The molecule has 0 radical (unpaired) electrons. The van der Waals surface area contributed by atoms with Crippen molar-refractivity contribution in [3.05, 3.63) is 35.4 Å². The fraction of sp³-hybridized carbons (Fsp3) is 0.636. The average molecular weight is 376 g/mol. The molecule has 1 aromatic rings. The highest BCUT2D eigenvalue weighted by molar-refractivity contribution is 5.84. The van der Waals surface area contributed by atoms with Crippen molar-refractivity contribution in [1.29, 1.82) is 0 Å². The zero-order chi connectivity index (χ0) is 19.6. The molecule has 0 heterocycles. The van der Waals surface area contributed by atoms with Crippen LogP contribution in [0.5, 0.6) is 0 Å². The van der Waals surface area contributed by atoms with Crippen molar-refractivity contribution in [3.8, 4) is 0 Å². The number of carbonyl (C=O) groups excluding carboxylic acids is 2. The van der Waals surface area contributed by atoms with Crippen LogP contribution in [0.15, 0.2) is 24.3 Å². The molecule has 5 nitrogen and oxygen atoms in total. The predicted molar refractivity (Wildman–Crippen MR) is 103 cm³/mol. The van der Waals surface area contributed by atoms with E-state index in [-0.39, 0.29) is 19.2 Å². The molecule has 0 aromatic heterocycles. The Hall–Kier alpha value is -1.88. The van der Waals surface area contributed by atoms with Gasteiger partial charge in [0.05, 0.1) is 19.1 Å². The second-order valence-corrected chi connectivity index (χ2v) is 7.02. The van der Waals surface area contributed by atoms with Crippen LogP contribution in [-0.2, 0) is 36.6 Å². The molecule has 0 aliphatic heterocycles. The number of aryl methyl sites for hydroxylation is 1. The summed E-state index contributed by atoms with van der Waals surface area (Å²) in [5, 5.41) is 0. The van der Waals surface area contributed by atoms with Gasteiger partial charge in [0.2, 0.25) is 0 Å². The summed E-state index contributed by atoms with van der Waals surface area (Å²) in [7, 11) is 0. The molecule has 0 bridgehead atoms. The maximum Gasteiger partial charge on any atom is 0.336 e. The molecule has 0 amide bonds. The zero-order valence-electron chi connectivity index (χ0n) is 16.7. The normalized spacial score (nSPS) is 18.3. The van der Waals surface area contributed by atoms with Crippen LogP contribution in [0.25, 0.3) is 0 Å². The Morgan fingerprint density at radius 2 is 1.70 bits per heavy atom. The second-order valence-electron chi connectivity index (χ2n) is 7.02. The van der Waals surface area contributed by atoms with Crippen LogP contribution in [0.1, 0.15) is 51.2 Å². The maximum atomic E-state index is 12.7. The summed E-state index contributed by atoms with van der Waals surface area (Å²) in [6, 6.07) is 8.43. The molecule has 0 fully saturated rings. The van der Waals surface area contributed by atoms with Crippen molar-refractivity contribution in [3.63, 3.8) is 0 Å². The number of fused-ring (bicyclic) bond motifs is 1. The van der Waals surface area contributed by atoms with Gasteiger partial charge in [-0.2, -0.15) is 0 Å². The van der Waals surface area contributed by atoms with Gasteiger partial charge in [-0.3, -0.25) is 4.79 Å². The van der Waals surface area contributed by atoms with E-state index >= 15 is 0 Å². The van der Waals surface area contributed by atoms with Gasteiger partial charge in [0, 0.05) is 6.61 Å². The highest BCUT2D eigenvalue weighted by atomic mass is 16.6. The topological polar surface area (TPSA) is 61.8 Å². The molecule has 1 aliphatic rings. The van der Waals surface area contributed by atoms with Gasteiger partial charge in [0.1, 0.15) is 0 Å². The number of benzene rings is 1. The largest absolute Gasteiger partial charge is 0.466 e. The number of rotatable bonds is 10. The molecule has 2 rings (SSSR count). The monoisotopic (exact) mass is 376 g/mol. The molecule has 150 valence electrons. The molecule has 5 heteroatoms. The molecule has 1 aromatic carbocycles. The van der Waals surface area contributed by atoms with Crippen molar-refractivity contribution in [1.82, 2.24) is 0 Å². The van der Waals surface area contributed by atoms with E-state index in [4.69, 9.17) is 14.2 Å². The van der Waals surface area contributed by atoms with Crippen LogP contribution >= 0.6 is 0 Å². The van der Waals surface area contributed by atoms with Gasteiger partial charge in [-0.05, 0) is 63.0 Å². The summed E-state index contributed by atoms with van der Waals surface area (Å²) in [6.45, 7) is 6.46. The van der Waals surface area contributed by atoms with Crippen molar-refractivity contribution in [2.24, 2.45) is 11.8 Å². The fourth-order valence-electron chi connectivity index (χ4n) is 3.74. The minimum absolute atomic E-state index is 0.261. The van der Waals surface area contributed by atoms with Gasteiger partial charge in [-0.15, -0.1) is 0 Å². The molecule has 27 heavy (non-hydrogen) atoms. The number of esters is 2. The quantitative estimate of drug-likeness (QED) is 0.583. The Morgan fingerprint density at radius 3 is 2.37 bits per heavy atom. The van der Waals surface area contributed by atoms with Crippen LogP contribution in [0.2, 0.25) is 0 Å². The summed E-state index contributed by atoms with van der Waals surface area (Å²) in [4.78, 5) is 25.2. The lowest BCUT2D eigenvalue weighted by atomic mass is 9.78. The highest BCUT2D eigenvalue weighted by Crippen LogP contribution is 2.32. The van der Waals surface area contributed by atoms with E-state index in [0.717, 1.165) is 25.7 Å². The molecule has 1 aliphatic carbocycles. The Kier molecular flexibility index (Phi) is 8.79. The summed E-state index contributed by atoms with van der Waals surface area (Å²) in [6.07, 6.45) is 3.34. The molecule has 0 saturated heterocycles. The first-order valence-corrected chi connectivity index (χ1v) is 10.1. The minimum atomic E-state index is -0.902. The summed E-state index contributed by atoms with van der Waals surface area (Å²) < 4.78 is 16.2. The van der Waals surface area contributed by atoms with E-state index in [0.29, 0.717) is 18.9 Å².